The summed E-state index contributed by atoms with van der Waals surface area (Å²) >= 11 is 0. The molecule has 0 saturated heterocycles. The molecule has 0 unspecified atom stereocenters. The first-order valence-corrected chi connectivity index (χ1v) is 10.4. The Hall–Kier alpha value is -1.78. The highest BCUT2D eigenvalue weighted by molar-refractivity contribution is 7.89. The molecule has 3 rings (SSSR count). The van der Waals surface area contributed by atoms with E-state index in [1.165, 1.54) is 32.9 Å². The Balaban J connectivity index is 2.47. The predicted molar refractivity (Wildman–Crippen MR) is 107 cm³/mol. The highest BCUT2D eigenvalue weighted by Crippen LogP contribution is 2.49. The molecular formula is C22H25P. The van der Waals surface area contributed by atoms with Gasteiger partial charge in [-0.25, -0.2) is 0 Å². The lowest BCUT2D eigenvalue weighted by atomic mass is 10.1. The molecule has 0 nitrogen and oxygen atoms in total. The summed E-state index contributed by atoms with van der Waals surface area (Å²) in [6, 6.07) is 22.1. The molecule has 0 atom stereocenters. The first kappa shape index (κ1) is 16.1. The van der Waals surface area contributed by atoms with Crippen LogP contribution in [0.1, 0.15) is 27.7 Å². The van der Waals surface area contributed by atoms with Crippen molar-refractivity contribution in [2.75, 3.05) is 6.66 Å². The van der Waals surface area contributed by atoms with Crippen molar-refractivity contribution in [3.63, 3.8) is 0 Å². The van der Waals surface area contributed by atoms with E-state index in [2.05, 4.69) is 95.0 Å². The van der Waals surface area contributed by atoms with E-state index in [9.17, 15) is 0 Å². The maximum atomic E-state index is 2.48. The van der Waals surface area contributed by atoms with Crippen molar-refractivity contribution in [1.82, 2.24) is 0 Å². The summed E-state index contributed by atoms with van der Waals surface area (Å²) in [4.78, 5) is 0. The van der Waals surface area contributed by atoms with Crippen LogP contribution in [0.3, 0.4) is 0 Å². The minimum absolute atomic E-state index is 1.45. The van der Waals surface area contributed by atoms with E-state index in [0.717, 1.165) is 0 Å². The summed E-state index contributed by atoms with van der Waals surface area (Å²) in [7, 11) is 0. The molecule has 0 spiro atoms. The molecular weight excluding hydrogens is 295 g/mol. The predicted octanol–water partition coefficient (Wildman–Crippen LogP) is 5.14. The molecule has 0 aliphatic heterocycles. The molecule has 0 heterocycles. The van der Waals surface area contributed by atoms with Gasteiger partial charge in [0.05, 0.1) is 0 Å². The van der Waals surface area contributed by atoms with Crippen molar-refractivity contribution < 1.29 is 0 Å². The van der Waals surface area contributed by atoms with E-state index in [4.69, 9.17) is 0 Å². The number of hydrogen-bond acceptors (Lipinski definition) is 0. The van der Waals surface area contributed by atoms with Gasteiger partial charge in [0, 0.05) is 0 Å². The lowest BCUT2D eigenvalue weighted by Gasteiger charge is -2.28. The number of allylic oxidation sites excluding steroid dienone is 4. The molecule has 1 heteroatoms. The fraction of sp³-hybridized carbons (Fsp3) is 0.227. The maximum absolute atomic E-state index is 2.48. The normalized spacial score (nSPS) is 15.6. The summed E-state index contributed by atoms with van der Waals surface area (Å²) in [6.07, 6.45) is 0. The highest BCUT2D eigenvalue weighted by Gasteiger charge is 2.29. The lowest BCUT2D eigenvalue weighted by Crippen LogP contribution is -2.22. The Morgan fingerprint density at radius 2 is 0.870 bits per heavy atom. The Kier molecular flexibility index (Phi) is 4.21. The summed E-state index contributed by atoms with van der Waals surface area (Å²) in [5, 5.41) is 4.50. The third-order valence-electron chi connectivity index (χ3n) is 5.39. The smallest absolute Gasteiger partial charge is 0.0135 e. The highest BCUT2D eigenvalue weighted by atomic mass is 31.2. The molecule has 1 aliphatic rings. The van der Waals surface area contributed by atoms with Crippen molar-refractivity contribution in [3.8, 4) is 0 Å². The second-order valence-corrected chi connectivity index (χ2v) is 10.0. The average molecular weight is 320 g/mol. The van der Waals surface area contributed by atoms with Crippen LogP contribution in [0.15, 0.2) is 83.0 Å². The lowest BCUT2D eigenvalue weighted by molar-refractivity contribution is 1.31. The Labute approximate surface area is 140 Å². The van der Waals surface area contributed by atoms with E-state index in [0.29, 0.717) is 0 Å². The van der Waals surface area contributed by atoms with Gasteiger partial charge in [-0.05, 0) is 79.4 Å². The zero-order chi connectivity index (χ0) is 16.6. The quantitative estimate of drug-likeness (QED) is 0.672. The summed E-state index contributed by atoms with van der Waals surface area (Å²) in [6.45, 7) is 10.0. The number of hydrogen-bond donors (Lipinski definition) is 0. The fourth-order valence-electron chi connectivity index (χ4n) is 3.73. The molecule has 0 aromatic heterocycles. The van der Waals surface area contributed by atoms with Crippen molar-refractivity contribution >= 4 is 22.8 Å². The molecule has 118 valence electrons. The molecule has 0 bridgehead atoms. The minimum atomic E-state index is -1.61. The summed E-state index contributed by atoms with van der Waals surface area (Å²) < 4.78 is 0. The topological polar surface area (TPSA) is 0 Å². The third kappa shape index (κ3) is 2.46. The second kappa shape index (κ2) is 6.02. The van der Waals surface area contributed by atoms with Crippen molar-refractivity contribution in [3.05, 3.63) is 83.0 Å². The van der Waals surface area contributed by atoms with Crippen LogP contribution < -0.4 is 10.6 Å². The van der Waals surface area contributed by atoms with E-state index in [1.54, 1.807) is 5.29 Å². The Morgan fingerprint density at radius 3 is 1.22 bits per heavy atom. The van der Waals surface area contributed by atoms with Crippen molar-refractivity contribution in [1.29, 1.82) is 0 Å². The monoisotopic (exact) mass is 320 g/mol. The number of benzene rings is 2. The van der Waals surface area contributed by atoms with Crippen LogP contribution in [0.4, 0.5) is 0 Å². The summed E-state index contributed by atoms with van der Waals surface area (Å²) in [5.74, 6) is 0. The first-order chi connectivity index (χ1) is 11.0. The molecule has 0 amide bonds. The van der Waals surface area contributed by atoms with Gasteiger partial charge >= 0.3 is 0 Å². The molecule has 23 heavy (non-hydrogen) atoms. The van der Waals surface area contributed by atoms with Crippen LogP contribution in [-0.2, 0) is 0 Å². The standard InChI is InChI=1S/C22H25P/c1-16-17(2)19(4)22(18(16)3)23(5,20-12-8-6-9-13-20)21-14-10-7-11-15-21/h6-15H,1-5H3. The molecule has 2 aromatic carbocycles. The molecule has 0 fully saturated rings. The van der Waals surface area contributed by atoms with Crippen LogP contribution in [0.5, 0.6) is 0 Å². The zero-order valence-electron chi connectivity index (χ0n) is 14.7. The van der Waals surface area contributed by atoms with Crippen LogP contribution in [0, 0.1) is 0 Å². The first-order valence-electron chi connectivity index (χ1n) is 8.19. The van der Waals surface area contributed by atoms with Crippen LogP contribution >= 0.6 is 6.89 Å². The third-order valence-corrected chi connectivity index (χ3v) is 9.62. The van der Waals surface area contributed by atoms with Gasteiger partial charge in [-0.3, -0.25) is 0 Å². The van der Waals surface area contributed by atoms with E-state index >= 15 is 0 Å². The molecule has 2 aromatic rings. The Morgan fingerprint density at radius 1 is 0.522 bits per heavy atom. The maximum Gasteiger partial charge on any atom is -0.0135 e. The minimum Gasteiger partial charge on any atom is -0.0622 e. The van der Waals surface area contributed by atoms with E-state index < -0.39 is 6.89 Å². The van der Waals surface area contributed by atoms with Crippen molar-refractivity contribution in [2.24, 2.45) is 0 Å². The molecule has 0 saturated carbocycles. The van der Waals surface area contributed by atoms with Crippen LogP contribution in [0.25, 0.3) is 0 Å². The van der Waals surface area contributed by atoms with Gasteiger partial charge in [-0.15, -0.1) is 0 Å². The van der Waals surface area contributed by atoms with Gasteiger partial charge in [0.25, 0.3) is 0 Å². The molecule has 0 N–H and O–H groups in total. The average Bonchev–Trinajstić information content (AvgIpc) is 2.79. The SMILES string of the molecule is CC1=C(C)C(=P(C)(c2ccccc2)c2ccccc2)C(C)=C1C. The van der Waals surface area contributed by atoms with Crippen molar-refractivity contribution in [2.45, 2.75) is 27.7 Å². The molecule has 0 radical (unpaired) electrons. The summed E-state index contributed by atoms with van der Waals surface area (Å²) in [5.41, 5.74) is 5.86. The largest absolute Gasteiger partial charge is 0.0622 e. The van der Waals surface area contributed by atoms with Gasteiger partial charge in [-0.1, -0.05) is 60.7 Å². The van der Waals surface area contributed by atoms with Gasteiger partial charge in [0.1, 0.15) is 0 Å². The van der Waals surface area contributed by atoms with Crippen LogP contribution in [-0.4, -0.2) is 12.0 Å². The van der Waals surface area contributed by atoms with Gasteiger partial charge in [-0.2, -0.15) is 0 Å². The van der Waals surface area contributed by atoms with Crippen LogP contribution in [0.2, 0.25) is 0 Å². The number of rotatable bonds is 2. The zero-order valence-corrected chi connectivity index (χ0v) is 15.6. The van der Waals surface area contributed by atoms with Gasteiger partial charge in [0.2, 0.25) is 0 Å². The van der Waals surface area contributed by atoms with E-state index in [-0.39, 0.29) is 0 Å². The second-order valence-electron chi connectivity index (χ2n) is 6.53. The fourth-order valence-corrected chi connectivity index (χ4v) is 7.76. The van der Waals surface area contributed by atoms with Gasteiger partial charge < -0.3 is 0 Å². The molecule has 1 aliphatic carbocycles. The van der Waals surface area contributed by atoms with E-state index in [1.807, 2.05) is 0 Å². The Bertz CT molecular complexity index is 780. The van der Waals surface area contributed by atoms with Gasteiger partial charge in [0.15, 0.2) is 0 Å².